The molecule has 0 aromatic heterocycles. The van der Waals surface area contributed by atoms with Crippen LogP contribution in [-0.4, -0.2) is 0 Å². The summed E-state index contributed by atoms with van der Waals surface area (Å²) < 4.78 is 0. The van der Waals surface area contributed by atoms with Crippen molar-refractivity contribution < 1.29 is 0 Å². The lowest BCUT2D eigenvalue weighted by Gasteiger charge is -2.39. The molecule has 2 aromatic carbocycles. The monoisotopic (exact) mass is 320 g/mol. The summed E-state index contributed by atoms with van der Waals surface area (Å²) in [7, 11) is 0. The first-order valence-corrected chi connectivity index (χ1v) is 9.63. The van der Waals surface area contributed by atoms with Crippen LogP contribution < -0.4 is 0 Å². The van der Waals surface area contributed by atoms with Gasteiger partial charge < -0.3 is 0 Å². The van der Waals surface area contributed by atoms with Gasteiger partial charge in [0, 0.05) is 5.41 Å². The molecule has 1 aliphatic carbocycles. The largest absolute Gasteiger partial charge is 0.0588 e. The number of rotatable bonds is 3. The first-order chi connectivity index (χ1) is 11.4. The van der Waals surface area contributed by atoms with Gasteiger partial charge >= 0.3 is 0 Å². The smallest absolute Gasteiger partial charge is 0.0203 e. The zero-order valence-corrected chi connectivity index (χ0v) is 16.1. The van der Waals surface area contributed by atoms with Crippen LogP contribution in [0.15, 0.2) is 36.4 Å². The molecule has 0 spiro atoms. The Hall–Kier alpha value is -1.56. The molecule has 0 amide bonds. The zero-order chi connectivity index (χ0) is 17.3. The van der Waals surface area contributed by atoms with E-state index >= 15 is 0 Å². The van der Waals surface area contributed by atoms with Gasteiger partial charge in [0.15, 0.2) is 0 Å². The van der Waals surface area contributed by atoms with Crippen LogP contribution in [0, 0.1) is 20.8 Å². The van der Waals surface area contributed by atoms with E-state index in [1.54, 1.807) is 0 Å². The van der Waals surface area contributed by atoms with Crippen molar-refractivity contribution in [3.8, 4) is 0 Å². The fraction of sp³-hybridized carbons (Fsp3) is 0.500. The molecule has 0 radical (unpaired) electrons. The minimum Gasteiger partial charge on any atom is -0.0588 e. The Morgan fingerprint density at radius 3 is 1.83 bits per heavy atom. The van der Waals surface area contributed by atoms with Gasteiger partial charge in [-0.2, -0.15) is 0 Å². The van der Waals surface area contributed by atoms with Crippen LogP contribution in [0.2, 0.25) is 0 Å². The van der Waals surface area contributed by atoms with Crippen molar-refractivity contribution in [1.82, 2.24) is 0 Å². The zero-order valence-electron chi connectivity index (χ0n) is 16.1. The molecule has 0 aliphatic heterocycles. The Labute approximate surface area is 148 Å². The van der Waals surface area contributed by atoms with Crippen molar-refractivity contribution in [3.05, 3.63) is 69.8 Å². The van der Waals surface area contributed by atoms with Gasteiger partial charge in [0.2, 0.25) is 0 Å². The molecule has 0 N–H and O–H groups in total. The molecule has 0 unspecified atom stereocenters. The topological polar surface area (TPSA) is 0 Å². The molecule has 1 aliphatic rings. The van der Waals surface area contributed by atoms with E-state index in [0.717, 1.165) is 0 Å². The third-order valence-corrected chi connectivity index (χ3v) is 6.21. The van der Waals surface area contributed by atoms with Crippen molar-refractivity contribution in [3.63, 3.8) is 0 Å². The lowest BCUT2D eigenvalue weighted by molar-refractivity contribution is 0.345. The lowest BCUT2D eigenvalue weighted by Crippen LogP contribution is -2.30. The molecule has 3 rings (SSSR count). The molecule has 0 atom stereocenters. The highest BCUT2D eigenvalue weighted by Crippen LogP contribution is 2.45. The highest BCUT2D eigenvalue weighted by Gasteiger charge is 2.36. The molecule has 2 aromatic rings. The third kappa shape index (κ3) is 3.04. The van der Waals surface area contributed by atoms with Crippen LogP contribution >= 0.6 is 0 Å². The second-order valence-corrected chi connectivity index (χ2v) is 8.17. The first-order valence-electron chi connectivity index (χ1n) is 9.63. The quantitative estimate of drug-likeness (QED) is 0.572. The van der Waals surface area contributed by atoms with Crippen LogP contribution in [0.1, 0.15) is 85.3 Å². The molecule has 1 fully saturated rings. The fourth-order valence-electron chi connectivity index (χ4n) is 4.56. The van der Waals surface area contributed by atoms with Gasteiger partial charge in [-0.05, 0) is 72.9 Å². The fourth-order valence-corrected chi connectivity index (χ4v) is 4.56. The molecule has 0 nitrogen and oxygen atoms in total. The van der Waals surface area contributed by atoms with E-state index in [2.05, 4.69) is 71.0 Å². The van der Waals surface area contributed by atoms with Gasteiger partial charge in [-0.15, -0.1) is 0 Å². The van der Waals surface area contributed by atoms with Crippen molar-refractivity contribution >= 4 is 0 Å². The van der Waals surface area contributed by atoms with Crippen LogP contribution in [0.5, 0.6) is 0 Å². The summed E-state index contributed by atoms with van der Waals surface area (Å²) in [6.07, 6.45) is 6.65. The van der Waals surface area contributed by atoms with E-state index in [1.807, 2.05) is 0 Å². The van der Waals surface area contributed by atoms with Gasteiger partial charge in [0.05, 0.1) is 0 Å². The van der Waals surface area contributed by atoms with Gasteiger partial charge in [0.1, 0.15) is 0 Å². The highest BCUT2D eigenvalue weighted by atomic mass is 14.4. The molecular formula is C24H32. The van der Waals surface area contributed by atoms with Gasteiger partial charge in [-0.3, -0.25) is 0 Å². The predicted octanol–water partition coefficient (Wildman–Crippen LogP) is 6.99. The number of aryl methyl sites for hydroxylation is 3. The second kappa shape index (κ2) is 6.75. The maximum atomic E-state index is 2.48. The second-order valence-electron chi connectivity index (χ2n) is 8.17. The van der Waals surface area contributed by atoms with Crippen molar-refractivity contribution in [2.45, 2.75) is 78.1 Å². The summed E-state index contributed by atoms with van der Waals surface area (Å²) in [4.78, 5) is 0. The number of hydrogen-bond acceptors (Lipinski definition) is 0. The Bertz CT molecular complexity index is 715. The number of hydrogen-bond donors (Lipinski definition) is 0. The molecule has 0 bridgehead atoms. The van der Waals surface area contributed by atoms with Gasteiger partial charge in [-0.25, -0.2) is 0 Å². The summed E-state index contributed by atoms with van der Waals surface area (Å²) in [6.45, 7) is 11.3. The molecule has 0 saturated heterocycles. The van der Waals surface area contributed by atoms with Gasteiger partial charge in [0.25, 0.3) is 0 Å². The summed E-state index contributed by atoms with van der Waals surface area (Å²) in [6, 6.07) is 14.4. The molecule has 128 valence electrons. The number of benzene rings is 2. The van der Waals surface area contributed by atoms with Crippen molar-refractivity contribution in [1.29, 1.82) is 0 Å². The maximum absolute atomic E-state index is 2.48. The molecular weight excluding hydrogens is 288 g/mol. The van der Waals surface area contributed by atoms with Crippen LogP contribution in [0.25, 0.3) is 0 Å². The normalized spacial score (nSPS) is 17.2. The standard InChI is InChI=1S/C24H32/c1-17(2)23-12-11-22(16-20(23)5)24(13-7-6-8-14-24)21-10-9-18(3)19(4)15-21/h9-12,15-17H,6-8,13-14H2,1-5H3. The predicted molar refractivity (Wildman–Crippen MR) is 105 cm³/mol. The molecule has 0 heteroatoms. The maximum Gasteiger partial charge on any atom is 0.0203 e. The van der Waals surface area contributed by atoms with Gasteiger partial charge in [-0.1, -0.05) is 69.5 Å². The average molecular weight is 321 g/mol. The van der Waals surface area contributed by atoms with E-state index in [9.17, 15) is 0 Å². The summed E-state index contributed by atoms with van der Waals surface area (Å²) >= 11 is 0. The molecule has 1 saturated carbocycles. The van der Waals surface area contributed by atoms with Crippen LogP contribution in [-0.2, 0) is 5.41 Å². The van der Waals surface area contributed by atoms with Crippen molar-refractivity contribution in [2.24, 2.45) is 0 Å². The lowest BCUT2D eigenvalue weighted by atomic mass is 9.64. The highest BCUT2D eigenvalue weighted by molar-refractivity contribution is 5.46. The third-order valence-electron chi connectivity index (χ3n) is 6.21. The molecule has 0 heterocycles. The summed E-state index contributed by atoms with van der Waals surface area (Å²) in [5.41, 5.74) is 9.05. The van der Waals surface area contributed by atoms with E-state index in [1.165, 1.54) is 65.5 Å². The summed E-state index contributed by atoms with van der Waals surface area (Å²) in [5.74, 6) is 0.600. The molecule has 24 heavy (non-hydrogen) atoms. The SMILES string of the molecule is Cc1ccc(C2(c3ccc(C(C)C)c(C)c3)CCCCC2)cc1C. The van der Waals surface area contributed by atoms with E-state index in [0.29, 0.717) is 5.92 Å². The van der Waals surface area contributed by atoms with E-state index < -0.39 is 0 Å². The van der Waals surface area contributed by atoms with E-state index in [-0.39, 0.29) is 5.41 Å². The van der Waals surface area contributed by atoms with Crippen LogP contribution in [0.3, 0.4) is 0 Å². The van der Waals surface area contributed by atoms with Crippen LogP contribution in [0.4, 0.5) is 0 Å². The Kier molecular flexibility index (Phi) is 4.85. The Morgan fingerprint density at radius 1 is 0.708 bits per heavy atom. The Balaban J connectivity index is 2.12. The van der Waals surface area contributed by atoms with E-state index in [4.69, 9.17) is 0 Å². The van der Waals surface area contributed by atoms with Crippen molar-refractivity contribution in [2.75, 3.05) is 0 Å². The summed E-state index contributed by atoms with van der Waals surface area (Å²) in [5, 5.41) is 0. The first kappa shape index (κ1) is 17.3. The Morgan fingerprint density at radius 2 is 1.29 bits per heavy atom. The minimum atomic E-state index is 0.219. The average Bonchev–Trinajstić information content (AvgIpc) is 2.57. The minimum absolute atomic E-state index is 0.219.